The van der Waals surface area contributed by atoms with E-state index >= 15 is 0 Å². The largest absolute Gasteiger partial charge is 0.228 e. The maximum atomic E-state index is 12.8. The van der Waals surface area contributed by atoms with Crippen molar-refractivity contribution in [2.45, 2.75) is 37.2 Å². The number of aryl methyl sites for hydroxylation is 2. The summed E-state index contributed by atoms with van der Waals surface area (Å²) >= 11 is 0. The van der Waals surface area contributed by atoms with Crippen LogP contribution in [-0.2, 0) is 22.0 Å². The highest BCUT2D eigenvalue weighted by atomic mass is 32.2. The van der Waals surface area contributed by atoms with Crippen LogP contribution in [0, 0.1) is 6.92 Å². The maximum absolute atomic E-state index is 12.8. The third kappa shape index (κ3) is 3.03. The zero-order valence-corrected chi connectivity index (χ0v) is 13.1. The summed E-state index contributed by atoms with van der Waals surface area (Å²) in [6.45, 7) is 2.01. The second-order valence-electron chi connectivity index (χ2n) is 5.87. The molecule has 0 amide bonds. The standard InChI is InChI=1S/C18H20O2S/c1-14-9-11-15(12-10-14)13-21(19,20)18-8-4-6-16-5-2-3-7-17(16)18/h2-3,5,7,9-12,18H,4,6,8,13H2,1H3. The molecule has 3 rings (SSSR count). The van der Waals surface area contributed by atoms with Crippen molar-refractivity contribution in [3.05, 3.63) is 70.8 Å². The van der Waals surface area contributed by atoms with E-state index in [-0.39, 0.29) is 11.0 Å². The number of rotatable bonds is 3. The van der Waals surface area contributed by atoms with Crippen LogP contribution in [0.15, 0.2) is 48.5 Å². The molecule has 0 saturated heterocycles. The highest BCUT2D eigenvalue weighted by Crippen LogP contribution is 2.37. The molecule has 0 heterocycles. The van der Waals surface area contributed by atoms with Crippen molar-refractivity contribution in [1.82, 2.24) is 0 Å². The molecule has 0 aromatic heterocycles. The molecular formula is C18H20O2S. The van der Waals surface area contributed by atoms with Crippen LogP contribution in [0.3, 0.4) is 0 Å². The highest BCUT2D eigenvalue weighted by Gasteiger charge is 2.31. The first-order valence-electron chi connectivity index (χ1n) is 7.41. The van der Waals surface area contributed by atoms with Crippen LogP contribution in [0.1, 0.15) is 40.3 Å². The molecule has 2 aromatic rings. The number of hydrogen-bond acceptors (Lipinski definition) is 2. The van der Waals surface area contributed by atoms with Crippen LogP contribution < -0.4 is 0 Å². The first-order valence-corrected chi connectivity index (χ1v) is 9.13. The fraction of sp³-hybridized carbons (Fsp3) is 0.333. The summed E-state index contributed by atoms with van der Waals surface area (Å²) in [4.78, 5) is 0. The Balaban J connectivity index is 1.91. The average molecular weight is 300 g/mol. The van der Waals surface area contributed by atoms with Gasteiger partial charge in [0, 0.05) is 0 Å². The molecule has 21 heavy (non-hydrogen) atoms. The lowest BCUT2D eigenvalue weighted by Gasteiger charge is -2.25. The second kappa shape index (κ2) is 5.64. The van der Waals surface area contributed by atoms with Crippen molar-refractivity contribution in [3.8, 4) is 0 Å². The molecule has 0 saturated carbocycles. The Morgan fingerprint density at radius 1 is 1.05 bits per heavy atom. The Bertz CT molecular complexity index is 730. The van der Waals surface area contributed by atoms with Gasteiger partial charge in [-0.1, -0.05) is 54.1 Å². The lowest BCUT2D eigenvalue weighted by molar-refractivity contribution is 0.559. The van der Waals surface area contributed by atoms with Gasteiger partial charge >= 0.3 is 0 Å². The van der Waals surface area contributed by atoms with Gasteiger partial charge in [-0.05, 0) is 42.9 Å². The van der Waals surface area contributed by atoms with Crippen molar-refractivity contribution in [2.24, 2.45) is 0 Å². The van der Waals surface area contributed by atoms with Gasteiger partial charge < -0.3 is 0 Å². The summed E-state index contributed by atoms with van der Waals surface area (Å²) in [5, 5.41) is -0.344. The summed E-state index contributed by atoms with van der Waals surface area (Å²) in [5.74, 6) is 0.131. The third-order valence-corrected chi connectivity index (χ3v) is 6.33. The molecule has 0 aliphatic heterocycles. The van der Waals surface area contributed by atoms with Gasteiger partial charge in [-0.25, -0.2) is 8.42 Å². The summed E-state index contributed by atoms with van der Waals surface area (Å²) in [6, 6.07) is 15.8. The fourth-order valence-corrected chi connectivity index (χ4v) is 5.10. The first-order chi connectivity index (χ1) is 10.1. The van der Waals surface area contributed by atoms with E-state index in [0.717, 1.165) is 36.0 Å². The monoisotopic (exact) mass is 300 g/mol. The maximum Gasteiger partial charge on any atom is 0.161 e. The minimum Gasteiger partial charge on any atom is -0.228 e. The van der Waals surface area contributed by atoms with E-state index in [1.54, 1.807) is 0 Å². The molecule has 1 unspecified atom stereocenters. The molecule has 0 fully saturated rings. The summed E-state index contributed by atoms with van der Waals surface area (Å²) in [5.41, 5.74) is 4.24. The smallest absolute Gasteiger partial charge is 0.161 e. The normalized spacial score (nSPS) is 18.2. The SMILES string of the molecule is Cc1ccc(CS(=O)(=O)C2CCCc3ccccc32)cc1. The van der Waals surface area contributed by atoms with Gasteiger partial charge in [0.2, 0.25) is 0 Å². The van der Waals surface area contributed by atoms with Crippen molar-refractivity contribution < 1.29 is 8.42 Å². The van der Waals surface area contributed by atoms with Gasteiger partial charge in [0.05, 0.1) is 11.0 Å². The van der Waals surface area contributed by atoms with E-state index in [0.29, 0.717) is 0 Å². The van der Waals surface area contributed by atoms with Crippen LogP contribution in [-0.4, -0.2) is 8.42 Å². The molecule has 110 valence electrons. The first kappa shape index (κ1) is 14.3. The van der Waals surface area contributed by atoms with Crippen LogP contribution in [0.25, 0.3) is 0 Å². The average Bonchev–Trinajstić information content (AvgIpc) is 2.49. The summed E-state index contributed by atoms with van der Waals surface area (Å²) < 4.78 is 25.6. The number of sulfone groups is 1. The van der Waals surface area contributed by atoms with Crippen molar-refractivity contribution in [1.29, 1.82) is 0 Å². The quantitative estimate of drug-likeness (QED) is 0.859. The zero-order chi connectivity index (χ0) is 14.9. The molecule has 3 heteroatoms. The van der Waals surface area contributed by atoms with E-state index in [2.05, 4.69) is 6.07 Å². The summed E-state index contributed by atoms with van der Waals surface area (Å²) in [7, 11) is -3.16. The van der Waals surface area contributed by atoms with E-state index in [4.69, 9.17) is 0 Å². The van der Waals surface area contributed by atoms with Crippen LogP contribution in [0.5, 0.6) is 0 Å². The van der Waals surface area contributed by atoms with Gasteiger partial charge in [-0.15, -0.1) is 0 Å². The Hall–Kier alpha value is -1.61. The van der Waals surface area contributed by atoms with Gasteiger partial charge in [0.1, 0.15) is 0 Å². The third-order valence-electron chi connectivity index (χ3n) is 4.24. The number of benzene rings is 2. The molecule has 1 aliphatic carbocycles. The van der Waals surface area contributed by atoms with E-state index < -0.39 is 9.84 Å². The minimum absolute atomic E-state index is 0.131. The van der Waals surface area contributed by atoms with Crippen molar-refractivity contribution >= 4 is 9.84 Å². The molecule has 0 spiro atoms. The molecule has 0 radical (unpaired) electrons. The predicted octanol–water partition coefficient (Wildman–Crippen LogP) is 3.99. The van der Waals surface area contributed by atoms with E-state index in [9.17, 15) is 8.42 Å². The Morgan fingerprint density at radius 2 is 1.76 bits per heavy atom. The van der Waals surface area contributed by atoms with E-state index in [1.807, 2.05) is 49.4 Å². The molecule has 2 aromatic carbocycles. The van der Waals surface area contributed by atoms with Crippen LogP contribution >= 0.6 is 0 Å². The van der Waals surface area contributed by atoms with E-state index in [1.165, 1.54) is 5.56 Å². The van der Waals surface area contributed by atoms with Crippen LogP contribution in [0.2, 0.25) is 0 Å². The lowest BCUT2D eigenvalue weighted by Crippen LogP contribution is -2.20. The highest BCUT2D eigenvalue weighted by molar-refractivity contribution is 7.90. The van der Waals surface area contributed by atoms with Gasteiger partial charge in [0.25, 0.3) is 0 Å². The molecule has 1 aliphatic rings. The van der Waals surface area contributed by atoms with Crippen molar-refractivity contribution in [3.63, 3.8) is 0 Å². The molecule has 0 N–H and O–H groups in total. The zero-order valence-electron chi connectivity index (χ0n) is 12.2. The van der Waals surface area contributed by atoms with Gasteiger partial charge in [-0.3, -0.25) is 0 Å². The summed E-state index contributed by atoms with van der Waals surface area (Å²) in [6.07, 6.45) is 2.69. The Kier molecular flexibility index (Phi) is 3.85. The van der Waals surface area contributed by atoms with Crippen LogP contribution in [0.4, 0.5) is 0 Å². The fourth-order valence-electron chi connectivity index (χ4n) is 3.10. The Morgan fingerprint density at radius 3 is 2.52 bits per heavy atom. The van der Waals surface area contributed by atoms with Gasteiger partial charge in [0.15, 0.2) is 9.84 Å². The predicted molar refractivity (Wildman–Crippen MR) is 85.9 cm³/mol. The Labute approximate surface area is 126 Å². The number of fused-ring (bicyclic) bond motifs is 1. The molecule has 1 atom stereocenters. The topological polar surface area (TPSA) is 34.1 Å². The molecule has 2 nitrogen and oxygen atoms in total. The van der Waals surface area contributed by atoms with Gasteiger partial charge in [-0.2, -0.15) is 0 Å². The lowest BCUT2D eigenvalue weighted by atomic mass is 9.91. The van der Waals surface area contributed by atoms with Crippen molar-refractivity contribution in [2.75, 3.05) is 0 Å². The molecular weight excluding hydrogens is 280 g/mol. The number of hydrogen-bond donors (Lipinski definition) is 0. The molecule has 0 bridgehead atoms. The minimum atomic E-state index is -3.16. The second-order valence-corrected chi connectivity index (χ2v) is 8.06.